The third-order valence-electron chi connectivity index (χ3n) is 5.23. The van der Waals surface area contributed by atoms with Crippen molar-refractivity contribution in [2.75, 3.05) is 26.3 Å². The zero-order chi connectivity index (χ0) is 23.2. The number of hydrogen-bond donors (Lipinski definition) is 0. The van der Waals surface area contributed by atoms with E-state index in [1.54, 1.807) is 18.2 Å². The molecule has 1 saturated heterocycles. The highest BCUT2D eigenvalue weighted by Crippen LogP contribution is 2.28. The van der Waals surface area contributed by atoms with E-state index in [9.17, 15) is 14.9 Å². The maximum absolute atomic E-state index is 12.6. The van der Waals surface area contributed by atoms with Gasteiger partial charge in [-0.05, 0) is 29.8 Å². The van der Waals surface area contributed by atoms with Crippen LogP contribution in [0.3, 0.4) is 0 Å². The second-order valence-electron chi connectivity index (χ2n) is 7.40. The summed E-state index contributed by atoms with van der Waals surface area (Å²) >= 11 is 1.53. The lowest BCUT2D eigenvalue weighted by Gasteiger charge is -2.26. The number of aromatic nitrogens is 3. The third kappa shape index (κ3) is 5.29. The number of morpholine rings is 1. The van der Waals surface area contributed by atoms with Crippen LogP contribution in [0.15, 0.2) is 66.3 Å². The second kappa shape index (κ2) is 10.4. The van der Waals surface area contributed by atoms with E-state index >= 15 is 0 Å². The van der Waals surface area contributed by atoms with Crippen LogP contribution in [-0.2, 0) is 17.0 Å². The molecule has 0 spiro atoms. The highest BCUT2D eigenvalue weighted by molar-refractivity contribution is 7.98. The Morgan fingerprint density at radius 2 is 1.82 bits per heavy atom. The quantitative estimate of drug-likeness (QED) is 0.216. The number of rotatable bonds is 8. The van der Waals surface area contributed by atoms with Gasteiger partial charge in [-0.3, -0.25) is 19.5 Å². The molecule has 10 heteroatoms. The molecule has 1 aliphatic heterocycles. The number of non-ortho nitro benzene ring substituents is 1. The topological polar surface area (TPSA) is 103 Å². The number of nitro groups is 1. The number of nitrogens with zero attached hydrogens (tertiary/aromatic N) is 5. The lowest BCUT2D eigenvalue weighted by atomic mass is 10.1. The smallest absolute Gasteiger partial charge is 0.269 e. The van der Waals surface area contributed by atoms with Gasteiger partial charge in [0.25, 0.3) is 11.6 Å². The van der Waals surface area contributed by atoms with Crippen LogP contribution in [-0.4, -0.2) is 56.8 Å². The lowest BCUT2D eigenvalue weighted by Crippen LogP contribution is -2.40. The number of nitro benzene ring substituents is 1. The van der Waals surface area contributed by atoms with Gasteiger partial charge in [-0.2, -0.15) is 0 Å². The Balaban J connectivity index is 1.45. The largest absolute Gasteiger partial charge is 0.378 e. The van der Waals surface area contributed by atoms with Crippen molar-refractivity contribution in [3.63, 3.8) is 0 Å². The van der Waals surface area contributed by atoms with E-state index in [-0.39, 0.29) is 11.6 Å². The molecule has 33 heavy (non-hydrogen) atoms. The first-order valence-corrected chi connectivity index (χ1v) is 11.4. The Morgan fingerprint density at radius 1 is 1.12 bits per heavy atom. The summed E-state index contributed by atoms with van der Waals surface area (Å²) in [6, 6.07) is 13.8. The van der Waals surface area contributed by atoms with Crippen LogP contribution < -0.4 is 0 Å². The molecular formula is C23H23N5O4S. The Morgan fingerprint density at radius 3 is 2.45 bits per heavy atom. The molecule has 170 valence electrons. The average molecular weight is 466 g/mol. The van der Waals surface area contributed by atoms with Gasteiger partial charge in [-0.15, -0.1) is 16.8 Å². The molecule has 2 aromatic carbocycles. The summed E-state index contributed by atoms with van der Waals surface area (Å²) in [7, 11) is 0. The van der Waals surface area contributed by atoms with Gasteiger partial charge in [0.2, 0.25) is 0 Å². The molecule has 9 nitrogen and oxygen atoms in total. The Bertz CT molecular complexity index is 1140. The molecule has 0 aliphatic carbocycles. The molecular weight excluding hydrogens is 442 g/mol. The van der Waals surface area contributed by atoms with Crippen molar-refractivity contribution >= 4 is 23.4 Å². The number of amides is 1. The van der Waals surface area contributed by atoms with E-state index < -0.39 is 4.92 Å². The highest BCUT2D eigenvalue weighted by atomic mass is 32.2. The average Bonchev–Trinajstić information content (AvgIpc) is 3.26. The van der Waals surface area contributed by atoms with Gasteiger partial charge in [0.05, 0.1) is 18.1 Å². The summed E-state index contributed by atoms with van der Waals surface area (Å²) in [4.78, 5) is 24.9. The van der Waals surface area contributed by atoms with E-state index in [4.69, 9.17) is 4.74 Å². The van der Waals surface area contributed by atoms with Crippen molar-refractivity contribution in [1.29, 1.82) is 0 Å². The van der Waals surface area contributed by atoms with Gasteiger partial charge < -0.3 is 9.64 Å². The number of carbonyl (C=O) groups excluding carboxylic acids is 1. The van der Waals surface area contributed by atoms with Crippen LogP contribution in [0, 0.1) is 10.1 Å². The Hall–Kier alpha value is -3.50. The van der Waals surface area contributed by atoms with Gasteiger partial charge in [0.1, 0.15) is 0 Å². The molecule has 1 aliphatic rings. The van der Waals surface area contributed by atoms with Crippen molar-refractivity contribution in [1.82, 2.24) is 19.7 Å². The first kappa shape index (κ1) is 22.7. The summed E-state index contributed by atoms with van der Waals surface area (Å²) in [6.07, 6.45) is 1.76. The van der Waals surface area contributed by atoms with Crippen LogP contribution in [0.25, 0.3) is 11.4 Å². The summed E-state index contributed by atoms with van der Waals surface area (Å²) in [5, 5.41) is 20.2. The molecule has 4 rings (SSSR count). The van der Waals surface area contributed by atoms with E-state index in [1.807, 2.05) is 33.7 Å². The maximum Gasteiger partial charge on any atom is 0.269 e. The first-order chi connectivity index (χ1) is 16.1. The van der Waals surface area contributed by atoms with Crippen molar-refractivity contribution < 1.29 is 14.5 Å². The minimum absolute atomic E-state index is 0.0240. The molecule has 1 amide bonds. The van der Waals surface area contributed by atoms with Crippen molar-refractivity contribution in [2.24, 2.45) is 0 Å². The van der Waals surface area contributed by atoms with Crippen LogP contribution >= 0.6 is 11.8 Å². The number of hydrogen-bond acceptors (Lipinski definition) is 7. The Kier molecular flexibility index (Phi) is 7.16. The standard InChI is InChI=1S/C23H23N5O4S/c1-2-11-27-21(18-7-9-20(10-8-18)28(30)31)24-25-23(27)33-16-17-3-5-19(6-4-17)22(29)26-12-14-32-15-13-26/h2-10H,1,11-16H2. The highest BCUT2D eigenvalue weighted by Gasteiger charge is 2.19. The normalized spacial score (nSPS) is 13.6. The fourth-order valence-corrected chi connectivity index (χ4v) is 4.38. The van der Waals surface area contributed by atoms with E-state index in [0.29, 0.717) is 50.0 Å². The summed E-state index contributed by atoms with van der Waals surface area (Å²) < 4.78 is 7.23. The molecule has 0 saturated carbocycles. The number of allylic oxidation sites excluding steroid dienone is 1. The minimum Gasteiger partial charge on any atom is -0.378 e. The zero-order valence-corrected chi connectivity index (χ0v) is 18.7. The van der Waals surface area contributed by atoms with Gasteiger partial charge >= 0.3 is 0 Å². The minimum atomic E-state index is -0.431. The van der Waals surface area contributed by atoms with E-state index in [2.05, 4.69) is 16.8 Å². The SMILES string of the molecule is C=CCn1c(SCc2ccc(C(=O)N3CCOCC3)cc2)nnc1-c1ccc([N+](=O)[O-])cc1. The molecule has 3 aromatic rings. The van der Waals surface area contributed by atoms with Crippen LogP contribution in [0.4, 0.5) is 5.69 Å². The van der Waals surface area contributed by atoms with E-state index in [1.165, 1.54) is 23.9 Å². The predicted molar refractivity (Wildman–Crippen MR) is 125 cm³/mol. The lowest BCUT2D eigenvalue weighted by molar-refractivity contribution is -0.384. The molecule has 0 atom stereocenters. The molecule has 0 bridgehead atoms. The Labute approximate surface area is 195 Å². The molecule has 0 N–H and O–H groups in total. The number of thioether (sulfide) groups is 1. The summed E-state index contributed by atoms with van der Waals surface area (Å²) in [5.74, 6) is 1.30. The molecule has 2 heterocycles. The van der Waals surface area contributed by atoms with Gasteiger partial charge in [-0.25, -0.2) is 0 Å². The van der Waals surface area contributed by atoms with Crippen molar-refractivity contribution in [3.8, 4) is 11.4 Å². The van der Waals surface area contributed by atoms with Crippen molar-refractivity contribution in [2.45, 2.75) is 17.5 Å². The van der Waals surface area contributed by atoms with Gasteiger partial charge in [0.15, 0.2) is 11.0 Å². The molecule has 1 aromatic heterocycles. The van der Waals surface area contributed by atoms with Crippen molar-refractivity contribution in [3.05, 3.63) is 82.4 Å². The fourth-order valence-electron chi connectivity index (χ4n) is 3.48. The van der Waals surface area contributed by atoms with Crippen LogP contribution in [0.2, 0.25) is 0 Å². The molecule has 0 radical (unpaired) electrons. The predicted octanol–water partition coefficient (Wildman–Crippen LogP) is 3.80. The number of carbonyl (C=O) groups is 1. The third-order valence-corrected chi connectivity index (χ3v) is 6.27. The van der Waals surface area contributed by atoms with Gasteiger partial charge in [-0.1, -0.05) is 30.0 Å². The zero-order valence-electron chi connectivity index (χ0n) is 17.9. The number of benzene rings is 2. The van der Waals surface area contributed by atoms with Crippen LogP contribution in [0.5, 0.6) is 0 Å². The molecule has 1 fully saturated rings. The number of ether oxygens (including phenoxy) is 1. The maximum atomic E-state index is 12.6. The van der Waals surface area contributed by atoms with E-state index in [0.717, 1.165) is 16.3 Å². The van der Waals surface area contributed by atoms with Crippen LogP contribution in [0.1, 0.15) is 15.9 Å². The summed E-state index contributed by atoms with van der Waals surface area (Å²) in [5.41, 5.74) is 2.50. The fraction of sp³-hybridized carbons (Fsp3) is 0.261. The second-order valence-corrected chi connectivity index (χ2v) is 8.34. The monoisotopic (exact) mass is 465 g/mol. The summed E-state index contributed by atoms with van der Waals surface area (Å²) in [6.45, 7) is 6.71. The van der Waals surface area contributed by atoms with Gasteiger partial charge in [0, 0.05) is 48.6 Å². The first-order valence-electron chi connectivity index (χ1n) is 10.4. The molecule has 0 unspecified atom stereocenters.